The van der Waals surface area contributed by atoms with Gasteiger partial charge >= 0.3 is 0 Å². The molecule has 2 aromatic rings. The molecule has 1 heterocycles. The number of nitrogens with one attached hydrogen (secondary N) is 1. The number of halogens is 2. The summed E-state index contributed by atoms with van der Waals surface area (Å²) in [5, 5.41) is 14.1. The molecular formula is C25H26Cl2N2O3. The third-order valence-corrected chi connectivity index (χ3v) is 7.16. The predicted octanol–water partition coefficient (Wildman–Crippen LogP) is 5.57. The Morgan fingerprint density at radius 2 is 1.91 bits per heavy atom. The molecule has 32 heavy (non-hydrogen) atoms. The molecule has 5 nitrogen and oxygen atoms in total. The molecule has 0 unspecified atom stereocenters. The summed E-state index contributed by atoms with van der Waals surface area (Å²) in [5.41, 5.74) is 0.660. The summed E-state index contributed by atoms with van der Waals surface area (Å²) in [6, 6.07) is 11.7. The fraction of sp³-hybridized carbons (Fsp3) is 0.360. The molecule has 1 saturated heterocycles. The van der Waals surface area contributed by atoms with Crippen molar-refractivity contribution in [1.82, 2.24) is 4.90 Å². The molecule has 1 saturated carbocycles. The van der Waals surface area contributed by atoms with Gasteiger partial charge in [0.1, 0.15) is 0 Å². The van der Waals surface area contributed by atoms with E-state index in [2.05, 4.69) is 11.9 Å². The predicted molar refractivity (Wildman–Crippen MR) is 127 cm³/mol. The molecule has 1 aliphatic heterocycles. The minimum atomic E-state index is -0.819. The van der Waals surface area contributed by atoms with Crippen molar-refractivity contribution in [3.63, 3.8) is 0 Å². The zero-order chi connectivity index (χ0) is 22.9. The van der Waals surface area contributed by atoms with E-state index in [1.807, 2.05) is 4.90 Å². The van der Waals surface area contributed by atoms with Gasteiger partial charge in [0.15, 0.2) is 0 Å². The van der Waals surface area contributed by atoms with Gasteiger partial charge in [0, 0.05) is 28.9 Å². The van der Waals surface area contributed by atoms with Gasteiger partial charge in [-0.15, -0.1) is 6.58 Å². The third-order valence-electron chi connectivity index (χ3n) is 6.61. The zero-order valence-corrected chi connectivity index (χ0v) is 19.2. The van der Waals surface area contributed by atoms with Gasteiger partial charge in [0.05, 0.1) is 16.2 Å². The summed E-state index contributed by atoms with van der Waals surface area (Å²) in [6.07, 6.45) is 5.64. The number of fused-ring (bicyclic) bond motifs is 1. The van der Waals surface area contributed by atoms with E-state index in [4.69, 9.17) is 23.2 Å². The molecule has 168 valence electrons. The summed E-state index contributed by atoms with van der Waals surface area (Å²) in [4.78, 5) is 27.7. The molecular weight excluding hydrogens is 447 g/mol. The number of hydrogen-bond acceptors (Lipinski definition) is 3. The maximum atomic E-state index is 13.2. The number of carbonyl (C=O) groups excluding carboxylic acids is 2. The smallest absolute Gasteiger partial charge is 0.257 e. The highest BCUT2D eigenvalue weighted by molar-refractivity contribution is 6.37. The maximum absolute atomic E-state index is 13.2. The van der Waals surface area contributed by atoms with Crippen molar-refractivity contribution in [2.24, 2.45) is 5.92 Å². The second-order valence-electron chi connectivity index (χ2n) is 8.67. The van der Waals surface area contributed by atoms with Crippen LogP contribution < -0.4 is 5.32 Å². The van der Waals surface area contributed by atoms with E-state index < -0.39 is 5.60 Å². The summed E-state index contributed by atoms with van der Waals surface area (Å²) < 4.78 is 0. The number of hydrogen-bond donors (Lipinski definition) is 2. The van der Waals surface area contributed by atoms with Crippen molar-refractivity contribution in [2.45, 2.75) is 43.7 Å². The molecule has 0 radical (unpaired) electrons. The Labute approximate surface area is 198 Å². The fourth-order valence-corrected chi connectivity index (χ4v) is 5.39. The van der Waals surface area contributed by atoms with Crippen molar-refractivity contribution in [1.29, 1.82) is 0 Å². The molecule has 2 fully saturated rings. The van der Waals surface area contributed by atoms with Crippen LogP contribution in [0.3, 0.4) is 0 Å². The van der Waals surface area contributed by atoms with E-state index >= 15 is 0 Å². The van der Waals surface area contributed by atoms with Crippen LogP contribution in [0.25, 0.3) is 0 Å². The number of amides is 2. The summed E-state index contributed by atoms with van der Waals surface area (Å²) in [7, 11) is 0. The molecule has 0 aromatic heterocycles. The van der Waals surface area contributed by atoms with Gasteiger partial charge in [-0.25, -0.2) is 0 Å². The van der Waals surface area contributed by atoms with Gasteiger partial charge in [-0.05, 0) is 80.5 Å². The first-order valence-corrected chi connectivity index (χ1v) is 11.6. The first-order chi connectivity index (χ1) is 15.3. The average molecular weight is 473 g/mol. The van der Waals surface area contributed by atoms with Crippen LogP contribution >= 0.6 is 23.2 Å². The van der Waals surface area contributed by atoms with Gasteiger partial charge < -0.3 is 15.3 Å². The lowest BCUT2D eigenvalue weighted by molar-refractivity contribution is -0.0277. The zero-order valence-electron chi connectivity index (χ0n) is 17.7. The number of benzene rings is 2. The lowest BCUT2D eigenvalue weighted by atomic mass is 9.71. The largest absolute Gasteiger partial charge is 0.386 e. The van der Waals surface area contributed by atoms with E-state index in [1.165, 1.54) is 6.07 Å². The monoisotopic (exact) mass is 472 g/mol. The Hall–Kier alpha value is -2.34. The summed E-state index contributed by atoms with van der Waals surface area (Å²) in [5.74, 6) is -0.0731. The van der Waals surface area contributed by atoms with Crippen LogP contribution in [-0.4, -0.2) is 40.0 Å². The SMILES string of the molecule is C=C[C@]1(O)CC[C@H]2[C@@H](CCCN2C(=O)c2ccc(NC(=O)c3ccc(Cl)cc3Cl)cc2)C1. The van der Waals surface area contributed by atoms with Gasteiger partial charge in [-0.1, -0.05) is 29.3 Å². The Bertz CT molecular complexity index is 1040. The Balaban J connectivity index is 1.44. The average Bonchev–Trinajstić information content (AvgIpc) is 2.78. The van der Waals surface area contributed by atoms with Gasteiger partial charge in [-0.2, -0.15) is 0 Å². The van der Waals surface area contributed by atoms with Gasteiger partial charge in [0.25, 0.3) is 11.8 Å². The van der Waals surface area contributed by atoms with Crippen molar-refractivity contribution in [2.75, 3.05) is 11.9 Å². The first kappa shape index (κ1) is 22.8. The molecule has 2 amide bonds. The summed E-state index contributed by atoms with van der Waals surface area (Å²) >= 11 is 12.0. The van der Waals surface area contributed by atoms with E-state index in [0.717, 1.165) is 25.8 Å². The van der Waals surface area contributed by atoms with Crippen molar-refractivity contribution in [3.05, 3.63) is 76.3 Å². The van der Waals surface area contributed by atoms with E-state index in [-0.39, 0.29) is 28.8 Å². The molecule has 7 heteroatoms. The van der Waals surface area contributed by atoms with Crippen molar-refractivity contribution in [3.8, 4) is 0 Å². The fourth-order valence-electron chi connectivity index (χ4n) is 4.89. The van der Waals surface area contributed by atoms with E-state index in [0.29, 0.717) is 34.7 Å². The molecule has 2 aliphatic rings. The number of carbonyl (C=O) groups is 2. The van der Waals surface area contributed by atoms with Crippen LogP contribution in [-0.2, 0) is 0 Å². The lowest BCUT2D eigenvalue weighted by Crippen LogP contribution is -2.53. The van der Waals surface area contributed by atoms with Crippen molar-refractivity contribution < 1.29 is 14.7 Å². The van der Waals surface area contributed by atoms with Crippen LogP contribution in [0.4, 0.5) is 5.69 Å². The van der Waals surface area contributed by atoms with Crippen LogP contribution in [0, 0.1) is 5.92 Å². The quantitative estimate of drug-likeness (QED) is 0.571. The number of aliphatic hydroxyl groups is 1. The van der Waals surface area contributed by atoms with Crippen molar-refractivity contribution >= 4 is 40.7 Å². The van der Waals surface area contributed by atoms with E-state index in [9.17, 15) is 14.7 Å². The topological polar surface area (TPSA) is 69.6 Å². The second-order valence-corrected chi connectivity index (χ2v) is 9.52. The van der Waals surface area contributed by atoms with Crippen LogP contribution in [0.5, 0.6) is 0 Å². The number of rotatable bonds is 4. The maximum Gasteiger partial charge on any atom is 0.257 e. The molecule has 1 aliphatic carbocycles. The molecule has 0 bridgehead atoms. The number of piperidine rings is 1. The number of nitrogens with zero attached hydrogens (tertiary/aromatic N) is 1. The molecule has 3 atom stereocenters. The van der Waals surface area contributed by atoms with Gasteiger partial charge in [-0.3, -0.25) is 9.59 Å². The standard InChI is InChI=1S/C25H26Cl2N2O3/c1-2-25(32)12-11-22-17(15-25)4-3-13-29(22)24(31)16-5-8-19(9-6-16)28-23(30)20-10-7-18(26)14-21(20)27/h2,5-10,14,17,22,32H,1,3-4,11-13,15H2,(H,28,30)/t17-,22-,25-/m0/s1. The molecule has 4 rings (SSSR count). The minimum Gasteiger partial charge on any atom is -0.386 e. The molecule has 0 spiro atoms. The highest BCUT2D eigenvalue weighted by atomic mass is 35.5. The van der Waals surface area contributed by atoms with Gasteiger partial charge in [0.2, 0.25) is 0 Å². The number of anilines is 1. The highest BCUT2D eigenvalue weighted by Crippen LogP contribution is 2.41. The van der Waals surface area contributed by atoms with Crippen LogP contribution in [0.1, 0.15) is 52.8 Å². The minimum absolute atomic E-state index is 0.0117. The lowest BCUT2D eigenvalue weighted by Gasteiger charge is -2.48. The Morgan fingerprint density at radius 3 is 2.59 bits per heavy atom. The highest BCUT2D eigenvalue weighted by Gasteiger charge is 2.43. The van der Waals surface area contributed by atoms with E-state index in [1.54, 1.807) is 42.5 Å². The Morgan fingerprint density at radius 1 is 1.16 bits per heavy atom. The first-order valence-electron chi connectivity index (χ1n) is 10.8. The normalized spacial score (nSPS) is 25.0. The van der Waals surface area contributed by atoms with Crippen LogP contribution in [0.15, 0.2) is 55.1 Å². The molecule has 2 aromatic carbocycles. The second kappa shape index (κ2) is 9.26. The molecule has 2 N–H and O–H groups in total. The number of likely N-dealkylation sites (tertiary alicyclic amines) is 1. The van der Waals surface area contributed by atoms with Crippen LogP contribution in [0.2, 0.25) is 10.0 Å². The Kier molecular flexibility index (Phi) is 6.61. The summed E-state index contributed by atoms with van der Waals surface area (Å²) in [6.45, 7) is 4.50. The third kappa shape index (κ3) is 4.70.